The van der Waals surface area contributed by atoms with E-state index in [-0.39, 0.29) is 12.5 Å². The van der Waals surface area contributed by atoms with Crippen LogP contribution in [-0.4, -0.2) is 31.8 Å². The highest BCUT2D eigenvalue weighted by molar-refractivity contribution is 7.12. The molecule has 0 unspecified atom stereocenters. The van der Waals surface area contributed by atoms with E-state index in [1.165, 1.54) is 24.7 Å². The van der Waals surface area contributed by atoms with Crippen molar-refractivity contribution < 1.29 is 23.8 Å². The Morgan fingerprint density at radius 2 is 1.90 bits per heavy atom. The summed E-state index contributed by atoms with van der Waals surface area (Å²) in [6.07, 6.45) is 1.46. The fourth-order valence-electron chi connectivity index (χ4n) is 2.63. The van der Waals surface area contributed by atoms with E-state index in [0.717, 1.165) is 11.1 Å². The topological polar surface area (TPSA) is 86.2 Å². The normalized spacial score (nSPS) is 10.7. The summed E-state index contributed by atoms with van der Waals surface area (Å²) >= 11 is 1.30. The zero-order valence-corrected chi connectivity index (χ0v) is 18.2. The van der Waals surface area contributed by atoms with Crippen molar-refractivity contribution in [2.24, 2.45) is 5.10 Å². The quantitative estimate of drug-likeness (QED) is 0.247. The molecule has 8 heteroatoms. The van der Waals surface area contributed by atoms with Crippen molar-refractivity contribution in [3.05, 3.63) is 75.5 Å². The molecular formula is C23H22N2O5S. The van der Waals surface area contributed by atoms with Crippen LogP contribution in [0.15, 0.2) is 59.0 Å². The third-order valence-electron chi connectivity index (χ3n) is 4.43. The fraction of sp³-hybridized carbons (Fsp3) is 0.174. The molecule has 0 atom stereocenters. The zero-order chi connectivity index (χ0) is 22.2. The second kappa shape index (κ2) is 10.4. The van der Waals surface area contributed by atoms with Crippen LogP contribution in [-0.2, 0) is 4.79 Å². The average Bonchev–Trinajstić information content (AvgIpc) is 3.31. The summed E-state index contributed by atoms with van der Waals surface area (Å²) in [4.78, 5) is 24.6. The van der Waals surface area contributed by atoms with Gasteiger partial charge in [0.15, 0.2) is 18.1 Å². The van der Waals surface area contributed by atoms with Gasteiger partial charge in [-0.2, -0.15) is 5.10 Å². The van der Waals surface area contributed by atoms with Gasteiger partial charge < -0.3 is 14.2 Å². The van der Waals surface area contributed by atoms with Crippen LogP contribution in [0.4, 0.5) is 0 Å². The number of hydrogen-bond acceptors (Lipinski definition) is 7. The van der Waals surface area contributed by atoms with Crippen LogP contribution < -0.4 is 19.6 Å². The molecule has 1 amide bonds. The first-order valence-electron chi connectivity index (χ1n) is 9.42. The van der Waals surface area contributed by atoms with E-state index >= 15 is 0 Å². The molecule has 160 valence electrons. The molecule has 1 heterocycles. The Kier molecular flexibility index (Phi) is 7.40. The summed E-state index contributed by atoms with van der Waals surface area (Å²) in [5.41, 5.74) is 5.16. The van der Waals surface area contributed by atoms with Gasteiger partial charge in [-0.15, -0.1) is 11.3 Å². The van der Waals surface area contributed by atoms with Gasteiger partial charge in [0.1, 0.15) is 10.6 Å². The number of esters is 1. The van der Waals surface area contributed by atoms with E-state index in [2.05, 4.69) is 10.5 Å². The Morgan fingerprint density at radius 1 is 1.06 bits per heavy atom. The Bertz CT molecular complexity index is 1090. The Hall–Kier alpha value is -3.65. The third kappa shape index (κ3) is 5.93. The lowest BCUT2D eigenvalue weighted by Crippen LogP contribution is -2.24. The summed E-state index contributed by atoms with van der Waals surface area (Å²) in [5.74, 6) is 0.496. The molecule has 0 radical (unpaired) electrons. The number of nitrogens with one attached hydrogen (secondary N) is 1. The van der Waals surface area contributed by atoms with Crippen LogP contribution in [0.25, 0.3) is 0 Å². The van der Waals surface area contributed by atoms with Crippen LogP contribution >= 0.6 is 11.3 Å². The number of methoxy groups -OCH3 is 1. The van der Waals surface area contributed by atoms with Crippen LogP contribution in [0.5, 0.6) is 17.2 Å². The Labute approximate surface area is 184 Å². The molecule has 2 aromatic carbocycles. The molecular weight excluding hydrogens is 416 g/mol. The first-order valence-corrected chi connectivity index (χ1v) is 10.3. The van der Waals surface area contributed by atoms with Gasteiger partial charge in [-0.05, 0) is 66.2 Å². The number of hydrogen-bond donors (Lipinski definition) is 1. The van der Waals surface area contributed by atoms with Crippen molar-refractivity contribution in [2.45, 2.75) is 13.8 Å². The minimum absolute atomic E-state index is 0.150. The van der Waals surface area contributed by atoms with Crippen molar-refractivity contribution in [3.63, 3.8) is 0 Å². The van der Waals surface area contributed by atoms with Gasteiger partial charge in [0.05, 0.1) is 13.3 Å². The molecule has 1 N–H and O–H groups in total. The molecule has 1 aromatic heterocycles. The van der Waals surface area contributed by atoms with Crippen LogP contribution in [0.2, 0.25) is 0 Å². The Morgan fingerprint density at radius 3 is 2.65 bits per heavy atom. The predicted molar refractivity (Wildman–Crippen MR) is 119 cm³/mol. The second-order valence-electron chi connectivity index (χ2n) is 6.56. The van der Waals surface area contributed by atoms with Gasteiger partial charge in [-0.3, -0.25) is 4.79 Å². The predicted octanol–water partition coefficient (Wildman–Crippen LogP) is 4.12. The molecule has 0 saturated carbocycles. The van der Waals surface area contributed by atoms with Crippen molar-refractivity contribution in [1.82, 2.24) is 5.43 Å². The maximum atomic E-state index is 12.1. The van der Waals surface area contributed by atoms with Crippen LogP contribution in [0, 0.1) is 13.8 Å². The number of aryl methyl sites for hydroxylation is 1. The monoisotopic (exact) mass is 438 g/mol. The molecule has 0 aliphatic heterocycles. The standard InChI is InChI=1S/C23H22N2O5S/c1-15-6-4-7-18(16(15)2)29-14-22(26)25-24-13-17-9-10-19(20(12-17)28-3)30-23(27)21-8-5-11-31-21/h4-13H,14H2,1-3H3,(H,25,26). The first-order chi connectivity index (χ1) is 15.0. The van der Waals surface area contributed by atoms with Gasteiger partial charge in [-0.1, -0.05) is 18.2 Å². The summed E-state index contributed by atoms with van der Waals surface area (Å²) in [6.45, 7) is 3.77. The third-order valence-corrected chi connectivity index (χ3v) is 5.28. The van der Waals surface area contributed by atoms with Crippen LogP contribution in [0.3, 0.4) is 0 Å². The van der Waals surface area contributed by atoms with Crippen molar-refractivity contribution in [2.75, 3.05) is 13.7 Å². The van der Waals surface area contributed by atoms with Crippen molar-refractivity contribution in [1.29, 1.82) is 0 Å². The summed E-state index contributed by atoms with van der Waals surface area (Å²) in [5, 5.41) is 5.73. The summed E-state index contributed by atoms with van der Waals surface area (Å²) < 4.78 is 16.2. The lowest BCUT2D eigenvalue weighted by molar-refractivity contribution is -0.123. The number of hydrazone groups is 1. The van der Waals surface area contributed by atoms with Gasteiger partial charge in [0.2, 0.25) is 0 Å². The highest BCUT2D eigenvalue weighted by Gasteiger charge is 2.13. The number of benzene rings is 2. The molecule has 0 aliphatic rings. The van der Waals surface area contributed by atoms with Gasteiger partial charge in [0, 0.05) is 0 Å². The van der Waals surface area contributed by atoms with Gasteiger partial charge in [-0.25, -0.2) is 10.2 Å². The van der Waals surface area contributed by atoms with Crippen molar-refractivity contribution in [3.8, 4) is 17.2 Å². The number of rotatable bonds is 8. The van der Waals surface area contributed by atoms with E-state index in [9.17, 15) is 9.59 Å². The fourth-order valence-corrected chi connectivity index (χ4v) is 3.23. The lowest BCUT2D eigenvalue weighted by Gasteiger charge is -2.10. The molecule has 3 aromatic rings. The summed E-state index contributed by atoms with van der Waals surface area (Å²) in [6, 6.07) is 14.1. The minimum Gasteiger partial charge on any atom is -0.493 e. The van der Waals surface area contributed by atoms with E-state index in [4.69, 9.17) is 14.2 Å². The zero-order valence-electron chi connectivity index (χ0n) is 17.4. The maximum absolute atomic E-state index is 12.1. The lowest BCUT2D eigenvalue weighted by atomic mass is 10.1. The van der Waals surface area contributed by atoms with Crippen molar-refractivity contribution >= 4 is 29.4 Å². The molecule has 7 nitrogen and oxygen atoms in total. The highest BCUT2D eigenvalue weighted by atomic mass is 32.1. The van der Waals surface area contributed by atoms with E-state index in [1.54, 1.807) is 35.7 Å². The van der Waals surface area contributed by atoms with E-state index in [0.29, 0.717) is 27.7 Å². The number of nitrogens with zero attached hydrogens (tertiary/aromatic N) is 1. The molecule has 0 fully saturated rings. The van der Waals surface area contributed by atoms with E-state index in [1.807, 2.05) is 32.0 Å². The highest BCUT2D eigenvalue weighted by Crippen LogP contribution is 2.29. The largest absolute Gasteiger partial charge is 0.493 e. The molecule has 0 saturated heterocycles. The average molecular weight is 439 g/mol. The Balaban J connectivity index is 1.56. The number of amides is 1. The number of carbonyl (C=O) groups is 2. The first kappa shape index (κ1) is 22.0. The smallest absolute Gasteiger partial charge is 0.353 e. The van der Waals surface area contributed by atoms with Gasteiger partial charge >= 0.3 is 5.97 Å². The molecule has 0 spiro atoms. The molecule has 3 rings (SSSR count). The molecule has 0 bridgehead atoms. The van der Waals surface area contributed by atoms with Gasteiger partial charge in [0.25, 0.3) is 5.91 Å². The van der Waals surface area contributed by atoms with E-state index < -0.39 is 5.97 Å². The maximum Gasteiger partial charge on any atom is 0.353 e. The van der Waals surface area contributed by atoms with Crippen LogP contribution in [0.1, 0.15) is 26.4 Å². The number of ether oxygens (including phenoxy) is 3. The minimum atomic E-state index is -0.453. The second-order valence-corrected chi connectivity index (χ2v) is 7.50. The number of thiophene rings is 1. The summed E-state index contributed by atoms with van der Waals surface area (Å²) in [7, 11) is 1.48. The molecule has 0 aliphatic carbocycles. The molecule has 31 heavy (non-hydrogen) atoms. The SMILES string of the molecule is COc1cc(C=NNC(=O)COc2cccc(C)c2C)ccc1OC(=O)c1cccs1. The number of carbonyl (C=O) groups excluding carboxylic acids is 2.